The zero-order valence-corrected chi connectivity index (χ0v) is 33.8. The fraction of sp³-hybridized carbons (Fsp3) is 0.540. The van der Waals surface area contributed by atoms with Gasteiger partial charge in [0, 0.05) is 77.3 Å². The highest BCUT2D eigenvalue weighted by Gasteiger charge is 2.72. The predicted octanol–water partition coefficient (Wildman–Crippen LogP) is 7.43. The molecule has 9 heterocycles. The zero-order chi connectivity index (χ0) is 37.6. The molecule has 3 aromatic rings. The van der Waals surface area contributed by atoms with Crippen LogP contribution in [0.4, 0.5) is 5.69 Å². The maximum absolute atomic E-state index is 5.20. The summed E-state index contributed by atoms with van der Waals surface area (Å²) in [7, 11) is 0. The molecule has 0 spiro atoms. The molecule has 0 radical (unpaired) electrons. The van der Waals surface area contributed by atoms with Crippen molar-refractivity contribution in [3.63, 3.8) is 0 Å². The molecule has 8 aliphatic heterocycles. The van der Waals surface area contributed by atoms with Gasteiger partial charge in [-0.05, 0) is 141 Å². The summed E-state index contributed by atoms with van der Waals surface area (Å²) in [6, 6.07) is 33.7. The van der Waals surface area contributed by atoms with Crippen LogP contribution in [0.1, 0.15) is 81.4 Å². The van der Waals surface area contributed by atoms with Crippen molar-refractivity contribution in [3.05, 3.63) is 125 Å². The van der Waals surface area contributed by atoms with Gasteiger partial charge in [0.25, 0.3) is 0 Å². The minimum Gasteiger partial charge on any atom is -0.364 e. The van der Waals surface area contributed by atoms with E-state index >= 15 is 0 Å². The van der Waals surface area contributed by atoms with Gasteiger partial charge < -0.3 is 30.7 Å². The van der Waals surface area contributed by atoms with Crippen molar-refractivity contribution < 1.29 is 0 Å². The molecule has 14 unspecified atom stereocenters. The van der Waals surface area contributed by atoms with Crippen molar-refractivity contribution in [3.8, 4) is 0 Å². The summed E-state index contributed by atoms with van der Waals surface area (Å²) in [4.78, 5) is 14.5. The highest BCUT2D eigenvalue weighted by atomic mass is 15.4. The minimum absolute atomic E-state index is 0.416. The molecule has 2 saturated carbocycles. The highest BCUT2D eigenvalue weighted by Crippen LogP contribution is 2.68. The summed E-state index contributed by atoms with van der Waals surface area (Å²) in [5.41, 5.74) is 10.9. The van der Waals surface area contributed by atoms with Crippen molar-refractivity contribution >= 4 is 18.5 Å². The van der Waals surface area contributed by atoms with Gasteiger partial charge in [-0.15, -0.1) is 0 Å². The van der Waals surface area contributed by atoms with Gasteiger partial charge in [-0.2, -0.15) is 0 Å². The number of nitrogens with zero attached hydrogens (tertiary/aromatic N) is 4. The summed E-state index contributed by atoms with van der Waals surface area (Å²) >= 11 is 0. The van der Waals surface area contributed by atoms with Crippen molar-refractivity contribution in [1.82, 2.24) is 30.7 Å². The van der Waals surface area contributed by atoms with Crippen molar-refractivity contribution in [2.45, 2.75) is 136 Å². The summed E-state index contributed by atoms with van der Waals surface area (Å²) in [6.07, 6.45) is 17.7. The molecule has 11 aliphatic rings. The Morgan fingerprint density at radius 1 is 0.621 bits per heavy atom. The number of benzene rings is 2. The molecule has 0 amide bonds. The lowest BCUT2D eigenvalue weighted by molar-refractivity contribution is 0.0205. The molecule has 3 aliphatic carbocycles. The van der Waals surface area contributed by atoms with Crippen LogP contribution in [0.5, 0.6) is 0 Å². The lowest BCUT2D eigenvalue weighted by atomic mass is 9.19. The Morgan fingerprint density at radius 2 is 1.31 bits per heavy atom. The number of fused-ring (bicyclic) bond motifs is 12. The van der Waals surface area contributed by atoms with Crippen LogP contribution in [0.2, 0.25) is 17.5 Å². The number of pyridine rings is 1. The van der Waals surface area contributed by atoms with Gasteiger partial charge >= 0.3 is 0 Å². The van der Waals surface area contributed by atoms with Crippen molar-refractivity contribution in [1.29, 1.82) is 0 Å². The van der Waals surface area contributed by atoms with Crippen LogP contribution in [0.15, 0.2) is 113 Å². The van der Waals surface area contributed by atoms with Gasteiger partial charge in [-0.1, -0.05) is 67.4 Å². The third-order valence-corrected chi connectivity index (χ3v) is 18.1. The quantitative estimate of drug-likeness (QED) is 0.240. The first-order chi connectivity index (χ1) is 28.8. The summed E-state index contributed by atoms with van der Waals surface area (Å²) in [6.45, 7) is 4.23. The summed E-state index contributed by atoms with van der Waals surface area (Å²) in [5.74, 6) is 5.45. The first-order valence-corrected chi connectivity index (χ1v) is 23.6. The van der Waals surface area contributed by atoms with Gasteiger partial charge in [0.2, 0.25) is 0 Å². The van der Waals surface area contributed by atoms with E-state index < -0.39 is 0 Å². The van der Waals surface area contributed by atoms with E-state index in [1.165, 1.54) is 87.7 Å². The topological polar surface area (TPSA) is 58.7 Å². The number of hydrogen-bond acceptors (Lipinski definition) is 7. The number of anilines is 1. The average molecular weight is 768 g/mol. The normalized spacial score (nSPS) is 42.2. The summed E-state index contributed by atoms with van der Waals surface area (Å²) in [5, 5.41) is 12.7. The fourth-order valence-corrected chi connectivity index (χ4v) is 16.6. The van der Waals surface area contributed by atoms with Gasteiger partial charge in [-0.3, -0.25) is 4.98 Å². The SMILES string of the molecule is C(=C1/C2=C(C3CCCNC13)C1NCCC3B4C5CCNC6C7=C(N(c8ccccc8)C8CCCCC78)N(C7CC(c8ccccn8)CC(C47)N2C31)C56)/c1ccccc1. The lowest BCUT2D eigenvalue weighted by Gasteiger charge is -2.68. The standard InChI is InChI=1S/C50H58BN7/c1-3-12-29(13-4-1)26-34-44-33(17-11-23-53-44)41-45-48-35(20-24-54-45)51-36-21-25-55-46-42-32-16-7-8-19-38(32)56(31-14-5-2-6-15-31)50(42)58(49(36)46)40-28-30(37-18-9-10-22-52-37)27-39(43(40)51)57(48)47(34)41/h1-6,9-10,12-15,18,22,26,30,32-33,35-36,38-40,43-46,48-49,53-55H,7-8,11,16-17,19-21,23-25,27-28H2/b34-26-. The van der Waals surface area contributed by atoms with Crippen LogP contribution in [0.25, 0.3) is 6.08 Å². The molecule has 5 saturated heterocycles. The van der Waals surface area contributed by atoms with Crippen LogP contribution < -0.4 is 20.9 Å². The molecule has 8 heteroatoms. The number of hydrogen-bond donors (Lipinski definition) is 3. The van der Waals surface area contributed by atoms with E-state index in [0.29, 0.717) is 71.9 Å². The molecule has 296 valence electrons. The molecule has 1 aromatic heterocycles. The average Bonchev–Trinajstić information content (AvgIpc) is 4.01. The van der Waals surface area contributed by atoms with Gasteiger partial charge in [0.15, 0.2) is 6.71 Å². The van der Waals surface area contributed by atoms with Crippen LogP contribution in [0, 0.1) is 11.8 Å². The van der Waals surface area contributed by atoms with Crippen molar-refractivity contribution in [2.75, 3.05) is 24.5 Å². The van der Waals surface area contributed by atoms with Gasteiger partial charge in [-0.25, -0.2) is 0 Å². The fourth-order valence-electron chi connectivity index (χ4n) is 16.6. The van der Waals surface area contributed by atoms with Gasteiger partial charge in [0.05, 0.1) is 12.1 Å². The first-order valence-electron chi connectivity index (χ1n) is 23.6. The first kappa shape index (κ1) is 33.9. The molecular formula is C50H58BN7. The molecule has 3 N–H and O–H groups in total. The van der Waals surface area contributed by atoms with Crippen molar-refractivity contribution in [2.24, 2.45) is 11.8 Å². The molecule has 7 fully saturated rings. The van der Waals surface area contributed by atoms with Crippen LogP contribution in [-0.4, -0.2) is 89.5 Å². The Kier molecular flexibility index (Phi) is 7.51. The summed E-state index contributed by atoms with van der Waals surface area (Å²) < 4.78 is 0. The Bertz CT molecular complexity index is 2210. The second-order valence-corrected chi connectivity index (χ2v) is 20.2. The number of nitrogens with one attached hydrogen (secondary N) is 3. The third-order valence-electron chi connectivity index (χ3n) is 18.1. The van der Waals surface area contributed by atoms with Gasteiger partial charge in [0.1, 0.15) is 5.82 Å². The highest BCUT2D eigenvalue weighted by molar-refractivity contribution is 6.65. The maximum Gasteiger partial charge on any atom is 0.159 e. The van der Waals surface area contributed by atoms with E-state index in [9.17, 15) is 0 Å². The largest absolute Gasteiger partial charge is 0.364 e. The molecule has 14 rings (SSSR count). The smallest absolute Gasteiger partial charge is 0.159 e. The van der Waals surface area contributed by atoms with E-state index in [1.807, 2.05) is 5.57 Å². The molecule has 2 aromatic carbocycles. The molecule has 14 atom stereocenters. The predicted molar refractivity (Wildman–Crippen MR) is 233 cm³/mol. The lowest BCUT2D eigenvalue weighted by Crippen LogP contribution is -2.75. The number of rotatable bonds is 3. The number of para-hydroxylation sites is 1. The third kappa shape index (κ3) is 4.50. The van der Waals surface area contributed by atoms with E-state index in [0.717, 1.165) is 31.4 Å². The molecule has 58 heavy (non-hydrogen) atoms. The number of piperidine rings is 3. The second kappa shape index (κ2) is 12.8. The molecule has 0 bridgehead atoms. The maximum atomic E-state index is 5.20. The Hall–Kier alpha value is -3.85. The second-order valence-electron chi connectivity index (χ2n) is 20.2. The minimum atomic E-state index is 0.416. The Labute approximate surface area is 344 Å². The van der Waals surface area contributed by atoms with Crippen LogP contribution >= 0.6 is 0 Å². The molecular weight excluding hydrogens is 709 g/mol. The van der Waals surface area contributed by atoms with E-state index in [2.05, 4.69) is 122 Å². The Morgan fingerprint density at radius 3 is 2.10 bits per heavy atom. The monoisotopic (exact) mass is 767 g/mol. The van der Waals surface area contributed by atoms with Crippen LogP contribution in [0.3, 0.4) is 0 Å². The molecule has 7 nitrogen and oxygen atoms in total. The van der Waals surface area contributed by atoms with E-state index in [4.69, 9.17) is 4.98 Å². The Balaban J connectivity index is 0.973. The van der Waals surface area contributed by atoms with E-state index in [-0.39, 0.29) is 0 Å². The van der Waals surface area contributed by atoms with E-state index in [1.54, 1.807) is 22.7 Å². The zero-order valence-electron chi connectivity index (χ0n) is 33.8. The van der Waals surface area contributed by atoms with Crippen LogP contribution in [-0.2, 0) is 0 Å². The number of aromatic nitrogens is 1.